The van der Waals surface area contributed by atoms with Crippen molar-refractivity contribution in [1.82, 2.24) is 24.8 Å². The Balaban J connectivity index is 1.20. The van der Waals surface area contributed by atoms with E-state index in [-0.39, 0.29) is 34.7 Å². The highest BCUT2D eigenvalue weighted by Crippen LogP contribution is 2.42. The fourth-order valence-electron chi connectivity index (χ4n) is 7.41. The lowest BCUT2D eigenvalue weighted by Gasteiger charge is -2.36. The van der Waals surface area contributed by atoms with Gasteiger partial charge in [0.25, 0.3) is 0 Å². The summed E-state index contributed by atoms with van der Waals surface area (Å²) in [5.41, 5.74) is 5.47. The van der Waals surface area contributed by atoms with Crippen molar-refractivity contribution >= 4 is 25.7 Å². The summed E-state index contributed by atoms with van der Waals surface area (Å²) in [6.07, 6.45) is 5.58. The second-order valence-corrected chi connectivity index (χ2v) is 22.4. The van der Waals surface area contributed by atoms with E-state index in [1.807, 2.05) is 36.5 Å². The molecule has 2 amide bonds. The summed E-state index contributed by atoms with van der Waals surface area (Å²) in [7, 11) is -0.375. The largest absolute Gasteiger partial charge is 0.494 e. The first-order valence-electron chi connectivity index (χ1n) is 19.3. The first-order chi connectivity index (χ1) is 25.0. The van der Waals surface area contributed by atoms with Gasteiger partial charge in [0.2, 0.25) is 0 Å². The van der Waals surface area contributed by atoms with E-state index in [1.165, 1.54) is 0 Å². The highest BCUT2D eigenvalue weighted by molar-refractivity contribution is 6.74. The number of carbonyl (C=O) groups excluding carboxylic acids is 1. The molecule has 1 aliphatic carbocycles. The molecule has 2 aromatic heterocycles. The predicted octanol–water partition coefficient (Wildman–Crippen LogP) is 9.88. The Hall–Kier alpha value is -3.93. The number of anilines is 1. The first kappa shape index (κ1) is 38.8. The molecule has 1 aliphatic heterocycles. The van der Waals surface area contributed by atoms with Gasteiger partial charge in [0.15, 0.2) is 19.8 Å². The van der Waals surface area contributed by atoms with Gasteiger partial charge in [0, 0.05) is 11.6 Å². The van der Waals surface area contributed by atoms with Gasteiger partial charge in [-0.2, -0.15) is 0 Å². The van der Waals surface area contributed by atoms with Crippen molar-refractivity contribution in [2.24, 2.45) is 0 Å². The monoisotopic (exact) mass is 740 g/mol. The standard InChI is InChI=1S/C42H60N6O4Si/c1-27(2)47-22-14-17-35(47)39-46-45-37-21-18-30(25-48(37)39)52-36-20-19-33(31-15-12-13-16-32(31)36)43-40(49)44-34-24-29(41(3,4)5)23-28(38(34)50-9)26-51-53(10,11)42(6,7)8/h12-13,15-16,18,21,23-25,27,33,35-36H,14,17,19-20,22,26H2,1-11H3,(H2,43,44,49)/t33-,35-,36+/m0/s1. The Morgan fingerprint density at radius 1 is 0.981 bits per heavy atom. The molecule has 53 heavy (non-hydrogen) atoms. The fourth-order valence-corrected chi connectivity index (χ4v) is 8.36. The minimum atomic E-state index is -2.03. The van der Waals surface area contributed by atoms with E-state index in [4.69, 9.17) is 13.9 Å². The number of methoxy groups -OCH3 is 1. The molecule has 6 rings (SSSR count). The zero-order valence-electron chi connectivity index (χ0n) is 33.7. The summed E-state index contributed by atoms with van der Waals surface area (Å²) in [5.74, 6) is 2.37. The summed E-state index contributed by atoms with van der Waals surface area (Å²) in [4.78, 5) is 16.3. The number of nitrogens with zero attached hydrogens (tertiary/aromatic N) is 4. The van der Waals surface area contributed by atoms with Gasteiger partial charge >= 0.3 is 6.03 Å². The summed E-state index contributed by atoms with van der Waals surface area (Å²) in [6.45, 7) is 23.7. The molecule has 0 spiro atoms. The smallest absolute Gasteiger partial charge is 0.319 e. The Labute approximate surface area is 317 Å². The number of hydrogen-bond donors (Lipinski definition) is 2. The lowest BCUT2D eigenvalue weighted by atomic mass is 9.85. The third kappa shape index (κ3) is 8.27. The topological polar surface area (TPSA) is 102 Å². The highest BCUT2D eigenvalue weighted by Gasteiger charge is 2.38. The summed E-state index contributed by atoms with van der Waals surface area (Å²) in [6, 6.07) is 16.6. The minimum Gasteiger partial charge on any atom is -0.494 e. The molecule has 3 atom stereocenters. The van der Waals surface area contributed by atoms with Gasteiger partial charge < -0.3 is 24.5 Å². The molecule has 0 unspecified atom stereocenters. The minimum absolute atomic E-state index is 0.0721. The number of nitrogens with one attached hydrogen (secondary N) is 2. The predicted molar refractivity (Wildman–Crippen MR) is 214 cm³/mol. The quantitative estimate of drug-likeness (QED) is 0.156. The third-order valence-corrected chi connectivity index (χ3v) is 16.0. The van der Waals surface area contributed by atoms with Crippen LogP contribution in [0, 0.1) is 0 Å². The van der Waals surface area contributed by atoms with Crippen molar-refractivity contribution in [3.8, 4) is 11.5 Å². The van der Waals surface area contributed by atoms with Crippen LogP contribution in [0.25, 0.3) is 5.65 Å². The number of likely N-dealkylation sites (tertiary alicyclic amines) is 1. The molecular formula is C42H60N6O4Si. The van der Waals surface area contributed by atoms with Crippen molar-refractivity contribution in [3.05, 3.63) is 82.8 Å². The molecule has 286 valence electrons. The van der Waals surface area contributed by atoms with Gasteiger partial charge in [-0.15, -0.1) is 10.2 Å². The van der Waals surface area contributed by atoms with Gasteiger partial charge in [-0.25, -0.2) is 4.79 Å². The fraction of sp³-hybridized carbons (Fsp3) is 0.548. The maximum atomic E-state index is 13.8. The van der Waals surface area contributed by atoms with Gasteiger partial charge in [0.1, 0.15) is 17.6 Å². The van der Waals surface area contributed by atoms with E-state index in [9.17, 15) is 4.79 Å². The SMILES string of the molecule is COc1c(CO[Si](C)(C)C(C)(C)C)cc(C(C)(C)C)cc1NC(=O)N[C@H]1CC[C@@H](Oc2ccc3nnc([C@@H]4CCCN4C(C)C)n3c2)c2ccccc21. The van der Waals surface area contributed by atoms with Crippen LogP contribution in [0.15, 0.2) is 54.7 Å². The van der Waals surface area contributed by atoms with Gasteiger partial charge in [-0.05, 0) is 111 Å². The van der Waals surface area contributed by atoms with E-state index in [1.54, 1.807) is 7.11 Å². The van der Waals surface area contributed by atoms with Crippen LogP contribution in [0.1, 0.15) is 127 Å². The number of benzene rings is 2. The highest BCUT2D eigenvalue weighted by atomic mass is 28.4. The average Bonchev–Trinajstić information content (AvgIpc) is 3.75. The first-order valence-corrected chi connectivity index (χ1v) is 22.2. The molecule has 1 saturated heterocycles. The maximum absolute atomic E-state index is 13.8. The molecule has 1 fully saturated rings. The van der Waals surface area contributed by atoms with Crippen LogP contribution in [0.2, 0.25) is 18.1 Å². The molecule has 10 nitrogen and oxygen atoms in total. The molecule has 0 saturated carbocycles. The van der Waals surface area contributed by atoms with Crippen LogP contribution < -0.4 is 20.1 Å². The molecule has 2 aromatic carbocycles. The maximum Gasteiger partial charge on any atom is 0.319 e. The Morgan fingerprint density at radius 2 is 1.72 bits per heavy atom. The summed E-state index contributed by atoms with van der Waals surface area (Å²) >= 11 is 0. The van der Waals surface area contributed by atoms with Crippen molar-refractivity contribution in [2.45, 2.75) is 135 Å². The van der Waals surface area contributed by atoms with E-state index in [0.29, 0.717) is 24.1 Å². The third-order valence-electron chi connectivity index (χ3n) is 11.6. The average molecular weight is 741 g/mol. The molecule has 4 aromatic rings. The van der Waals surface area contributed by atoms with Crippen molar-refractivity contribution < 1.29 is 18.7 Å². The van der Waals surface area contributed by atoms with Crippen molar-refractivity contribution in [1.29, 1.82) is 0 Å². The number of ether oxygens (including phenoxy) is 2. The molecular weight excluding hydrogens is 681 g/mol. The zero-order chi connectivity index (χ0) is 38.3. The molecule has 3 heterocycles. The number of amides is 2. The number of aromatic nitrogens is 3. The lowest BCUT2D eigenvalue weighted by molar-refractivity contribution is 0.171. The van der Waals surface area contributed by atoms with E-state index in [2.05, 4.69) is 117 Å². The van der Waals surface area contributed by atoms with Crippen LogP contribution in [0.5, 0.6) is 11.5 Å². The van der Waals surface area contributed by atoms with E-state index >= 15 is 0 Å². The molecule has 0 radical (unpaired) electrons. The summed E-state index contributed by atoms with van der Waals surface area (Å²) < 4.78 is 21.4. The number of carbonyl (C=O) groups is 1. The molecule has 11 heteroatoms. The Morgan fingerprint density at radius 3 is 2.40 bits per heavy atom. The second kappa shape index (κ2) is 15.1. The van der Waals surface area contributed by atoms with Crippen LogP contribution in [0.3, 0.4) is 0 Å². The Bertz CT molecular complexity index is 1930. The zero-order valence-corrected chi connectivity index (χ0v) is 34.7. The van der Waals surface area contributed by atoms with Gasteiger partial charge in [-0.3, -0.25) is 9.30 Å². The molecule has 2 N–H and O–H groups in total. The number of urea groups is 1. The molecule has 0 bridgehead atoms. The number of pyridine rings is 1. The van der Waals surface area contributed by atoms with Gasteiger partial charge in [0.05, 0.1) is 37.7 Å². The number of hydrogen-bond acceptors (Lipinski definition) is 7. The second-order valence-electron chi connectivity index (χ2n) is 17.6. The van der Waals surface area contributed by atoms with Gasteiger partial charge in [-0.1, -0.05) is 65.8 Å². The van der Waals surface area contributed by atoms with E-state index in [0.717, 1.165) is 71.7 Å². The normalized spacial score (nSPS) is 19.7. The van der Waals surface area contributed by atoms with Crippen LogP contribution in [0.4, 0.5) is 10.5 Å². The van der Waals surface area contributed by atoms with E-state index < -0.39 is 8.32 Å². The van der Waals surface area contributed by atoms with Crippen LogP contribution in [-0.4, -0.2) is 53.5 Å². The number of fused-ring (bicyclic) bond motifs is 2. The molecule has 2 aliphatic rings. The number of rotatable bonds is 10. The van der Waals surface area contributed by atoms with Crippen molar-refractivity contribution in [2.75, 3.05) is 19.0 Å². The van der Waals surface area contributed by atoms with Crippen LogP contribution >= 0.6 is 0 Å². The Kier molecular flexibility index (Phi) is 11.0. The lowest BCUT2D eigenvalue weighted by Crippen LogP contribution is -2.40. The summed E-state index contributed by atoms with van der Waals surface area (Å²) in [5, 5.41) is 15.6. The van der Waals surface area contributed by atoms with Crippen LogP contribution in [-0.2, 0) is 16.4 Å². The van der Waals surface area contributed by atoms with Crippen molar-refractivity contribution in [3.63, 3.8) is 0 Å².